The number of benzene rings is 2. The van der Waals surface area contributed by atoms with Gasteiger partial charge in [-0.25, -0.2) is 0 Å². The smallest absolute Gasteiger partial charge is 0.251 e. The lowest BCUT2D eigenvalue weighted by Crippen LogP contribution is -2.47. The molecular formula is C19H23N3O2. The van der Waals surface area contributed by atoms with E-state index < -0.39 is 0 Å². The van der Waals surface area contributed by atoms with E-state index in [4.69, 9.17) is 10.5 Å². The van der Waals surface area contributed by atoms with Crippen LogP contribution in [0, 0.1) is 0 Å². The zero-order valence-electron chi connectivity index (χ0n) is 13.7. The molecule has 1 aliphatic heterocycles. The van der Waals surface area contributed by atoms with Gasteiger partial charge in [-0.05, 0) is 23.8 Å². The Balaban J connectivity index is 1.49. The average molecular weight is 325 g/mol. The zero-order valence-corrected chi connectivity index (χ0v) is 13.7. The molecule has 24 heavy (non-hydrogen) atoms. The second kappa shape index (κ2) is 7.95. The molecule has 2 aromatic rings. The molecule has 1 amide bonds. The first-order valence-electron chi connectivity index (χ1n) is 8.22. The van der Waals surface area contributed by atoms with E-state index in [0.717, 1.165) is 19.6 Å². The highest BCUT2D eigenvalue weighted by Gasteiger charge is 2.21. The van der Waals surface area contributed by atoms with Crippen molar-refractivity contribution < 1.29 is 9.53 Å². The number of hydrogen-bond acceptors (Lipinski definition) is 4. The van der Waals surface area contributed by atoms with Crippen LogP contribution in [0.2, 0.25) is 0 Å². The predicted octanol–water partition coefficient (Wildman–Crippen LogP) is 1.90. The standard InChI is InChI=1S/C19H23N3O2/c20-17-8-4-7-16(11-17)19(23)21-12-18-14-22(9-10-24-18)13-15-5-2-1-3-6-15/h1-8,11,18H,9-10,12-14,20H2,(H,21,23). The monoisotopic (exact) mass is 325 g/mol. The van der Waals surface area contributed by atoms with Gasteiger partial charge in [-0.3, -0.25) is 9.69 Å². The molecule has 0 aliphatic carbocycles. The second-order valence-corrected chi connectivity index (χ2v) is 6.05. The van der Waals surface area contributed by atoms with Gasteiger partial charge in [0.05, 0.1) is 12.7 Å². The van der Waals surface area contributed by atoms with Crippen molar-refractivity contribution in [2.24, 2.45) is 0 Å². The van der Waals surface area contributed by atoms with Gasteiger partial charge in [0.1, 0.15) is 0 Å². The topological polar surface area (TPSA) is 67.6 Å². The third kappa shape index (κ3) is 4.57. The van der Waals surface area contributed by atoms with Crippen LogP contribution < -0.4 is 11.1 Å². The van der Waals surface area contributed by atoms with Gasteiger partial charge >= 0.3 is 0 Å². The highest BCUT2D eigenvalue weighted by atomic mass is 16.5. The molecule has 0 aromatic heterocycles. The normalized spacial score (nSPS) is 18.2. The first-order valence-corrected chi connectivity index (χ1v) is 8.22. The average Bonchev–Trinajstić information content (AvgIpc) is 2.61. The van der Waals surface area contributed by atoms with Crippen molar-refractivity contribution in [3.8, 4) is 0 Å². The summed E-state index contributed by atoms with van der Waals surface area (Å²) >= 11 is 0. The predicted molar refractivity (Wildman–Crippen MR) is 94.6 cm³/mol. The Morgan fingerprint density at radius 3 is 2.83 bits per heavy atom. The molecule has 1 atom stereocenters. The van der Waals surface area contributed by atoms with Gasteiger partial charge in [0.2, 0.25) is 0 Å². The number of nitrogens with zero attached hydrogens (tertiary/aromatic N) is 1. The summed E-state index contributed by atoms with van der Waals surface area (Å²) in [5.74, 6) is -0.119. The van der Waals surface area contributed by atoms with Gasteiger partial charge in [-0.2, -0.15) is 0 Å². The van der Waals surface area contributed by atoms with Crippen LogP contribution in [-0.2, 0) is 11.3 Å². The van der Waals surface area contributed by atoms with E-state index in [1.165, 1.54) is 5.56 Å². The number of carbonyl (C=O) groups is 1. The SMILES string of the molecule is Nc1cccc(C(=O)NCC2CN(Cc3ccccc3)CCO2)c1. The summed E-state index contributed by atoms with van der Waals surface area (Å²) in [7, 11) is 0. The molecule has 5 nitrogen and oxygen atoms in total. The maximum Gasteiger partial charge on any atom is 0.251 e. The van der Waals surface area contributed by atoms with Crippen molar-refractivity contribution in [3.63, 3.8) is 0 Å². The number of nitrogen functional groups attached to an aromatic ring is 1. The molecule has 1 fully saturated rings. The summed E-state index contributed by atoms with van der Waals surface area (Å²) < 4.78 is 5.77. The maximum atomic E-state index is 12.2. The summed E-state index contributed by atoms with van der Waals surface area (Å²) in [4.78, 5) is 14.5. The number of ether oxygens (including phenoxy) is 1. The van der Waals surface area contributed by atoms with Crippen LogP contribution in [0.3, 0.4) is 0 Å². The Bertz CT molecular complexity index is 675. The Morgan fingerprint density at radius 2 is 2.04 bits per heavy atom. The highest BCUT2D eigenvalue weighted by Crippen LogP contribution is 2.11. The van der Waals surface area contributed by atoms with Crippen LogP contribution in [0.1, 0.15) is 15.9 Å². The fourth-order valence-electron chi connectivity index (χ4n) is 2.88. The van der Waals surface area contributed by atoms with Gasteiger partial charge in [-0.15, -0.1) is 0 Å². The summed E-state index contributed by atoms with van der Waals surface area (Å²) in [6.45, 7) is 3.81. The molecule has 0 saturated carbocycles. The molecule has 1 aliphatic rings. The summed E-state index contributed by atoms with van der Waals surface area (Å²) in [5.41, 5.74) is 8.17. The quantitative estimate of drug-likeness (QED) is 0.824. The zero-order chi connectivity index (χ0) is 16.8. The van der Waals surface area contributed by atoms with Gasteiger partial charge < -0.3 is 15.8 Å². The molecular weight excluding hydrogens is 302 g/mol. The van der Waals surface area contributed by atoms with Crippen LogP contribution in [0.5, 0.6) is 0 Å². The Kier molecular flexibility index (Phi) is 5.46. The van der Waals surface area contributed by atoms with Gasteiger partial charge in [-0.1, -0.05) is 36.4 Å². The Morgan fingerprint density at radius 1 is 1.21 bits per heavy atom. The van der Waals surface area contributed by atoms with E-state index in [0.29, 0.717) is 24.4 Å². The number of nitrogens with two attached hydrogens (primary N) is 1. The first kappa shape index (κ1) is 16.5. The van der Waals surface area contributed by atoms with Crippen LogP contribution in [0.15, 0.2) is 54.6 Å². The molecule has 126 valence electrons. The van der Waals surface area contributed by atoms with Crippen LogP contribution in [0.4, 0.5) is 5.69 Å². The van der Waals surface area contributed by atoms with Crippen LogP contribution in [-0.4, -0.2) is 43.2 Å². The lowest BCUT2D eigenvalue weighted by molar-refractivity contribution is -0.0292. The van der Waals surface area contributed by atoms with Crippen molar-refractivity contribution in [1.29, 1.82) is 0 Å². The van der Waals surface area contributed by atoms with Crippen molar-refractivity contribution in [1.82, 2.24) is 10.2 Å². The molecule has 5 heteroatoms. The lowest BCUT2D eigenvalue weighted by atomic mass is 10.1. The second-order valence-electron chi connectivity index (χ2n) is 6.05. The Hall–Kier alpha value is -2.37. The lowest BCUT2D eigenvalue weighted by Gasteiger charge is -2.33. The van der Waals surface area contributed by atoms with Crippen LogP contribution in [0.25, 0.3) is 0 Å². The fraction of sp³-hybridized carbons (Fsp3) is 0.316. The molecule has 1 saturated heterocycles. The minimum absolute atomic E-state index is 0.00692. The fourth-order valence-corrected chi connectivity index (χ4v) is 2.88. The van der Waals surface area contributed by atoms with Gasteiger partial charge in [0, 0.05) is 37.4 Å². The number of amides is 1. The molecule has 3 rings (SSSR count). The highest BCUT2D eigenvalue weighted by molar-refractivity contribution is 5.94. The third-order valence-corrected chi connectivity index (χ3v) is 4.11. The number of morpholine rings is 1. The van der Waals surface area contributed by atoms with E-state index in [-0.39, 0.29) is 12.0 Å². The summed E-state index contributed by atoms with van der Waals surface area (Å²) in [6, 6.07) is 17.4. The third-order valence-electron chi connectivity index (χ3n) is 4.11. The van der Waals surface area contributed by atoms with E-state index in [1.54, 1.807) is 24.3 Å². The van der Waals surface area contributed by atoms with Gasteiger partial charge in [0.15, 0.2) is 0 Å². The van der Waals surface area contributed by atoms with Crippen LogP contribution >= 0.6 is 0 Å². The van der Waals surface area contributed by atoms with Crippen molar-refractivity contribution >= 4 is 11.6 Å². The minimum atomic E-state index is -0.119. The minimum Gasteiger partial charge on any atom is -0.399 e. The van der Waals surface area contributed by atoms with Crippen molar-refractivity contribution in [2.45, 2.75) is 12.6 Å². The molecule has 1 unspecified atom stereocenters. The number of hydrogen-bond donors (Lipinski definition) is 2. The molecule has 0 radical (unpaired) electrons. The van der Waals surface area contributed by atoms with Gasteiger partial charge in [0.25, 0.3) is 5.91 Å². The molecule has 2 aromatic carbocycles. The maximum absolute atomic E-state index is 12.2. The molecule has 0 spiro atoms. The summed E-state index contributed by atoms with van der Waals surface area (Å²) in [6.07, 6.45) is 0.00692. The van der Waals surface area contributed by atoms with E-state index in [1.807, 2.05) is 6.07 Å². The Labute approximate surface area is 142 Å². The largest absolute Gasteiger partial charge is 0.399 e. The van der Waals surface area contributed by atoms with Crippen molar-refractivity contribution in [3.05, 3.63) is 65.7 Å². The molecule has 0 bridgehead atoms. The number of nitrogens with one attached hydrogen (secondary N) is 1. The molecule has 1 heterocycles. The first-order chi connectivity index (χ1) is 11.7. The van der Waals surface area contributed by atoms with E-state index in [2.05, 4.69) is 34.5 Å². The van der Waals surface area contributed by atoms with E-state index in [9.17, 15) is 4.79 Å². The number of carbonyl (C=O) groups excluding carboxylic acids is 1. The summed E-state index contributed by atoms with van der Waals surface area (Å²) in [5, 5.41) is 2.93. The number of rotatable bonds is 5. The number of anilines is 1. The van der Waals surface area contributed by atoms with E-state index >= 15 is 0 Å². The molecule has 3 N–H and O–H groups in total. The van der Waals surface area contributed by atoms with Crippen molar-refractivity contribution in [2.75, 3.05) is 32.0 Å².